The van der Waals surface area contributed by atoms with Gasteiger partial charge in [-0.2, -0.15) is 5.10 Å². The lowest BCUT2D eigenvalue weighted by atomic mass is 10.1. The molecule has 2 aromatic rings. The number of amidine groups is 1. The number of halogens is 1. The second kappa shape index (κ2) is 7.70. The molecule has 7 heteroatoms. The maximum absolute atomic E-state index is 14.3. The fourth-order valence-electron chi connectivity index (χ4n) is 2.58. The fourth-order valence-corrected chi connectivity index (χ4v) is 3.35. The maximum atomic E-state index is 14.3. The number of aliphatic imine (C=N–C) groups is 1. The smallest absolute Gasteiger partial charge is 0.221 e. The quantitative estimate of drug-likeness (QED) is 0.854. The van der Waals surface area contributed by atoms with Gasteiger partial charge in [0.05, 0.1) is 11.4 Å². The van der Waals surface area contributed by atoms with Crippen LogP contribution in [0.15, 0.2) is 46.5 Å². The van der Waals surface area contributed by atoms with Crippen molar-refractivity contribution < 1.29 is 9.18 Å². The van der Waals surface area contributed by atoms with Crippen LogP contribution >= 0.6 is 11.8 Å². The molecule has 134 valence electrons. The number of amides is 1. The van der Waals surface area contributed by atoms with Crippen molar-refractivity contribution in [3.8, 4) is 0 Å². The van der Waals surface area contributed by atoms with E-state index in [1.165, 1.54) is 30.3 Å². The second-order valence-corrected chi connectivity index (χ2v) is 7.01. The topological polar surface area (TPSA) is 65.8 Å². The number of hydrogen-bond donors (Lipinski definition) is 2. The first-order valence-electron chi connectivity index (χ1n) is 8.11. The van der Waals surface area contributed by atoms with Crippen molar-refractivity contribution in [2.24, 2.45) is 10.1 Å². The standard InChI is InChI=1S/C19H19FN4OS/c1-11-4-7-17(12(2)8-11)22-19-24-23-18(10-26-19)15-6-5-14(9-16(15)20)21-13(3)25/h4-9H,10H2,1-3H3,(H,21,25)(H,22,24). The Hall–Kier alpha value is -2.67. The number of hydrogen-bond acceptors (Lipinski definition) is 4. The SMILES string of the molecule is CC(=O)Nc1ccc(C2=NNC(=Nc3ccc(C)cc3C)SC2)c(F)c1. The molecule has 1 heterocycles. The Morgan fingerprint density at radius 2 is 2.08 bits per heavy atom. The summed E-state index contributed by atoms with van der Waals surface area (Å²) < 4.78 is 14.3. The molecule has 1 aliphatic rings. The summed E-state index contributed by atoms with van der Waals surface area (Å²) >= 11 is 1.47. The van der Waals surface area contributed by atoms with E-state index in [2.05, 4.69) is 26.9 Å². The zero-order valence-electron chi connectivity index (χ0n) is 14.8. The highest BCUT2D eigenvalue weighted by Gasteiger charge is 2.17. The molecule has 0 saturated carbocycles. The highest BCUT2D eigenvalue weighted by atomic mass is 32.2. The van der Waals surface area contributed by atoms with E-state index in [1.54, 1.807) is 12.1 Å². The van der Waals surface area contributed by atoms with Crippen molar-refractivity contribution in [2.45, 2.75) is 20.8 Å². The fraction of sp³-hybridized carbons (Fsp3) is 0.211. The Labute approximate surface area is 155 Å². The normalized spacial score (nSPS) is 15.4. The van der Waals surface area contributed by atoms with Crippen LogP contribution in [0.25, 0.3) is 0 Å². The van der Waals surface area contributed by atoms with E-state index >= 15 is 0 Å². The second-order valence-electron chi connectivity index (χ2n) is 6.04. The van der Waals surface area contributed by atoms with Crippen LogP contribution in [0.1, 0.15) is 23.6 Å². The van der Waals surface area contributed by atoms with Crippen LogP contribution in [0, 0.1) is 19.7 Å². The van der Waals surface area contributed by atoms with Crippen LogP contribution in [-0.2, 0) is 4.79 Å². The van der Waals surface area contributed by atoms with Crippen molar-refractivity contribution in [3.05, 3.63) is 58.9 Å². The zero-order valence-corrected chi connectivity index (χ0v) is 15.6. The highest BCUT2D eigenvalue weighted by Crippen LogP contribution is 2.24. The first kappa shape index (κ1) is 18.1. The summed E-state index contributed by atoms with van der Waals surface area (Å²) in [5, 5.41) is 7.50. The lowest BCUT2D eigenvalue weighted by Gasteiger charge is -2.16. The molecule has 0 bridgehead atoms. The molecule has 0 unspecified atom stereocenters. The Balaban J connectivity index is 1.77. The molecule has 0 radical (unpaired) electrons. The van der Waals surface area contributed by atoms with Crippen molar-refractivity contribution in [3.63, 3.8) is 0 Å². The van der Waals surface area contributed by atoms with E-state index in [9.17, 15) is 9.18 Å². The Morgan fingerprint density at radius 3 is 2.69 bits per heavy atom. The summed E-state index contributed by atoms with van der Waals surface area (Å²) in [5.74, 6) is -0.156. The highest BCUT2D eigenvalue weighted by molar-refractivity contribution is 8.14. The first-order valence-corrected chi connectivity index (χ1v) is 9.10. The summed E-state index contributed by atoms with van der Waals surface area (Å²) in [6.45, 7) is 5.44. The molecule has 0 fully saturated rings. The Bertz CT molecular complexity index is 924. The van der Waals surface area contributed by atoms with Gasteiger partial charge < -0.3 is 5.32 Å². The maximum Gasteiger partial charge on any atom is 0.221 e. The summed E-state index contributed by atoms with van der Waals surface area (Å²) in [7, 11) is 0. The molecule has 3 rings (SSSR count). The zero-order chi connectivity index (χ0) is 18.7. The van der Waals surface area contributed by atoms with Gasteiger partial charge >= 0.3 is 0 Å². The molecule has 2 aromatic carbocycles. The van der Waals surface area contributed by atoms with E-state index in [1.807, 2.05) is 26.0 Å². The van der Waals surface area contributed by atoms with Crippen molar-refractivity contribution in [1.29, 1.82) is 0 Å². The average molecular weight is 370 g/mol. The van der Waals surface area contributed by atoms with E-state index in [-0.39, 0.29) is 5.91 Å². The molecule has 0 atom stereocenters. The van der Waals surface area contributed by atoms with Gasteiger partial charge in [-0.3, -0.25) is 10.2 Å². The number of nitrogens with zero attached hydrogens (tertiary/aromatic N) is 2. The molecule has 0 aliphatic carbocycles. The molecule has 1 aliphatic heterocycles. The third-order valence-corrected chi connectivity index (χ3v) is 4.68. The average Bonchev–Trinajstić information content (AvgIpc) is 2.58. The Kier molecular flexibility index (Phi) is 5.37. The summed E-state index contributed by atoms with van der Waals surface area (Å²) in [6, 6.07) is 10.6. The molecule has 1 amide bonds. The minimum Gasteiger partial charge on any atom is -0.326 e. The van der Waals surface area contributed by atoms with E-state index in [0.29, 0.717) is 27.9 Å². The monoisotopic (exact) mass is 370 g/mol. The van der Waals surface area contributed by atoms with Gasteiger partial charge in [0.1, 0.15) is 5.82 Å². The minimum atomic E-state index is -0.424. The number of aryl methyl sites for hydroxylation is 2. The summed E-state index contributed by atoms with van der Waals surface area (Å²) in [4.78, 5) is 15.6. The first-order chi connectivity index (χ1) is 12.4. The minimum absolute atomic E-state index is 0.239. The molecule has 26 heavy (non-hydrogen) atoms. The molecular formula is C19H19FN4OS. The number of carbonyl (C=O) groups is 1. The van der Waals surface area contributed by atoms with Gasteiger partial charge in [-0.1, -0.05) is 29.5 Å². The molecule has 0 saturated heterocycles. The van der Waals surface area contributed by atoms with E-state index in [4.69, 9.17) is 0 Å². The lowest BCUT2D eigenvalue weighted by Crippen LogP contribution is -2.25. The van der Waals surface area contributed by atoms with Crippen LogP contribution in [0.5, 0.6) is 0 Å². The van der Waals surface area contributed by atoms with E-state index < -0.39 is 5.82 Å². The predicted octanol–water partition coefficient (Wildman–Crippen LogP) is 4.13. The molecule has 0 spiro atoms. The van der Waals surface area contributed by atoms with Gasteiger partial charge in [0, 0.05) is 23.9 Å². The van der Waals surface area contributed by atoms with E-state index in [0.717, 1.165) is 11.3 Å². The van der Waals surface area contributed by atoms with Crippen LogP contribution < -0.4 is 10.7 Å². The number of anilines is 1. The predicted molar refractivity (Wildman–Crippen MR) is 106 cm³/mol. The number of rotatable bonds is 3. The van der Waals surface area contributed by atoms with Crippen molar-refractivity contribution >= 4 is 39.9 Å². The number of thioether (sulfide) groups is 1. The molecule has 2 N–H and O–H groups in total. The van der Waals surface area contributed by atoms with Crippen molar-refractivity contribution in [1.82, 2.24) is 5.43 Å². The Morgan fingerprint density at radius 1 is 1.27 bits per heavy atom. The van der Waals surface area contributed by atoms with Gasteiger partial charge in [-0.25, -0.2) is 9.38 Å². The third-order valence-electron chi connectivity index (χ3n) is 3.81. The summed E-state index contributed by atoms with van der Waals surface area (Å²) in [5.41, 5.74) is 7.49. The summed E-state index contributed by atoms with van der Waals surface area (Å²) in [6.07, 6.45) is 0. The lowest BCUT2D eigenvalue weighted by molar-refractivity contribution is -0.114. The van der Waals surface area contributed by atoms with Gasteiger partial charge in [0.25, 0.3) is 0 Å². The van der Waals surface area contributed by atoms with Gasteiger partial charge in [-0.15, -0.1) is 0 Å². The number of hydrazone groups is 1. The van der Waals surface area contributed by atoms with Gasteiger partial charge in [0.15, 0.2) is 5.17 Å². The number of carbonyl (C=O) groups excluding carboxylic acids is 1. The molecule has 0 aromatic heterocycles. The van der Waals surface area contributed by atoms with Crippen LogP contribution in [-0.4, -0.2) is 22.5 Å². The van der Waals surface area contributed by atoms with Crippen LogP contribution in [0.3, 0.4) is 0 Å². The largest absolute Gasteiger partial charge is 0.326 e. The van der Waals surface area contributed by atoms with Gasteiger partial charge in [0.2, 0.25) is 5.91 Å². The number of benzene rings is 2. The van der Waals surface area contributed by atoms with Crippen molar-refractivity contribution in [2.75, 3.05) is 11.1 Å². The van der Waals surface area contributed by atoms with Crippen LogP contribution in [0.4, 0.5) is 15.8 Å². The molecule has 5 nitrogen and oxygen atoms in total. The third kappa shape index (κ3) is 4.29. The number of nitrogens with one attached hydrogen (secondary N) is 2. The molecular weight excluding hydrogens is 351 g/mol. The van der Waals surface area contributed by atoms with Gasteiger partial charge in [-0.05, 0) is 43.7 Å². The van der Waals surface area contributed by atoms with Crippen LogP contribution in [0.2, 0.25) is 0 Å².